The summed E-state index contributed by atoms with van der Waals surface area (Å²) in [6.45, 7) is 8.26. The van der Waals surface area contributed by atoms with Crippen molar-refractivity contribution in [2.24, 2.45) is 0 Å². The lowest BCUT2D eigenvalue weighted by atomic mass is 9.89. The van der Waals surface area contributed by atoms with Crippen molar-refractivity contribution < 1.29 is 9.59 Å². The van der Waals surface area contributed by atoms with Crippen molar-refractivity contribution in [2.45, 2.75) is 58.0 Å². The maximum atomic E-state index is 13.2. The molecule has 10 nitrogen and oxygen atoms in total. The van der Waals surface area contributed by atoms with Gasteiger partial charge in [0, 0.05) is 50.2 Å². The number of pyridine rings is 1. The second-order valence-electron chi connectivity index (χ2n) is 9.26. The number of nitrogens with one attached hydrogen (secondary N) is 1. The van der Waals surface area contributed by atoms with E-state index in [1.165, 1.54) is 6.33 Å². The first kappa shape index (κ1) is 23.6. The van der Waals surface area contributed by atoms with Crippen LogP contribution in [0.3, 0.4) is 0 Å². The zero-order valence-corrected chi connectivity index (χ0v) is 20.0. The van der Waals surface area contributed by atoms with Crippen LogP contribution in [0.4, 0.5) is 0 Å². The number of aryl methyl sites for hydroxylation is 2. The van der Waals surface area contributed by atoms with Gasteiger partial charge < -0.3 is 14.8 Å². The second kappa shape index (κ2) is 10.1. The molecule has 3 aromatic heterocycles. The second-order valence-corrected chi connectivity index (χ2v) is 9.26. The molecule has 1 saturated heterocycles. The predicted molar refractivity (Wildman–Crippen MR) is 126 cm³/mol. The van der Waals surface area contributed by atoms with Gasteiger partial charge in [-0.05, 0) is 52.2 Å². The third kappa shape index (κ3) is 5.16. The minimum atomic E-state index is -0.799. The van der Waals surface area contributed by atoms with E-state index in [1.54, 1.807) is 23.5 Å². The molecule has 2 amide bonds. The van der Waals surface area contributed by atoms with Gasteiger partial charge in [-0.1, -0.05) is 0 Å². The highest BCUT2D eigenvalue weighted by atomic mass is 16.2. The lowest BCUT2D eigenvalue weighted by Gasteiger charge is -2.37. The summed E-state index contributed by atoms with van der Waals surface area (Å²) >= 11 is 0. The number of carbonyl (C=O) groups excluding carboxylic acids is 2. The van der Waals surface area contributed by atoms with Crippen LogP contribution in [0.5, 0.6) is 0 Å². The molecule has 4 rings (SSSR count). The van der Waals surface area contributed by atoms with Crippen LogP contribution in [-0.2, 0) is 16.9 Å². The lowest BCUT2D eigenvalue weighted by Crippen LogP contribution is -2.49. The number of aromatic nitrogens is 6. The molecule has 180 valence electrons. The van der Waals surface area contributed by atoms with E-state index < -0.39 is 5.54 Å². The Balaban J connectivity index is 1.37. The Kier molecular flexibility index (Phi) is 7.04. The Morgan fingerprint density at radius 1 is 1.15 bits per heavy atom. The number of piperidine rings is 1. The first-order valence-electron chi connectivity index (χ1n) is 11.7. The first-order valence-corrected chi connectivity index (χ1v) is 11.7. The average molecular weight is 465 g/mol. The maximum Gasteiger partial charge on any atom is 0.253 e. The van der Waals surface area contributed by atoms with E-state index in [0.29, 0.717) is 25.2 Å². The van der Waals surface area contributed by atoms with Gasteiger partial charge in [-0.15, -0.1) is 0 Å². The van der Waals surface area contributed by atoms with E-state index >= 15 is 0 Å². The molecule has 0 spiro atoms. The van der Waals surface area contributed by atoms with E-state index in [4.69, 9.17) is 4.98 Å². The molecule has 4 heterocycles. The number of carbonyl (C=O) groups is 2. The largest absolute Gasteiger partial charge is 0.352 e. The minimum absolute atomic E-state index is 0.0181. The fourth-order valence-electron chi connectivity index (χ4n) is 4.40. The van der Waals surface area contributed by atoms with E-state index in [-0.39, 0.29) is 17.7 Å². The molecule has 0 unspecified atom stereocenters. The van der Waals surface area contributed by atoms with E-state index in [2.05, 4.69) is 20.4 Å². The molecule has 34 heavy (non-hydrogen) atoms. The van der Waals surface area contributed by atoms with Gasteiger partial charge in [-0.25, -0.2) is 14.6 Å². The first-order chi connectivity index (χ1) is 16.4. The monoisotopic (exact) mass is 464 g/mol. The highest BCUT2D eigenvalue weighted by Gasteiger charge is 2.37. The van der Waals surface area contributed by atoms with Gasteiger partial charge in [-0.2, -0.15) is 5.10 Å². The zero-order chi connectivity index (χ0) is 24.1. The summed E-state index contributed by atoms with van der Waals surface area (Å²) in [5.41, 5.74) is 1.54. The van der Waals surface area contributed by atoms with Crippen LogP contribution in [-0.4, -0.2) is 65.6 Å². The zero-order valence-electron chi connectivity index (χ0n) is 20.0. The summed E-state index contributed by atoms with van der Waals surface area (Å²) in [6.07, 6.45) is 10.8. The van der Waals surface area contributed by atoms with Gasteiger partial charge >= 0.3 is 0 Å². The quantitative estimate of drug-likeness (QED) is 0.512. The Morgan fingerprint density at radius 3 is 2.62 bits per heavy atom. The molecule has 0 aliphatic carbocycles. The highest BCUT2D eigenvalue weighted by molar-refractivity contribution is 5.95. The number of imidazole rings is 1. The van der Waals surface area contributed by atoms with Crippen LogP contribution in [0.2, 0.25) is 0 Å². The molecule has 10 heteroatoms. The fraction of sp³-hybridized carbons (Fsp3) is 0.500. The molecule has 1 fully saturated rings. The summed E-state index contributed by atoms with van der Waals surface area (Å²) in [7, 11) is 0. The highest BCUT2D eigenvalue weighted by Crippen LogP contribution is 2.31. The van der Waals surface area contributed by atoms with Gasteiger partial charge in [-0.3, -0.25) is 14.6 Å². The van der Waals surface area contributed by atoms with Crippen molar-refractivity contribution in [2.75, 3.05) is 19.6 Å². The number of rotatable bonds is 8. The Bertz CT molecular complexity index is 1100. The normalized spacial score (nSPS) is 14.9. The van der Waals surface area contributed by atoms with Crippen molar-refractivity contribution in [3.05, 3.63) is 60.5 Å². The predicted octanol–water partition coefficient (Wildman–Crippen LogP) is 2.14. The van der Waals surface area contributed by atoms with Crippen molar-refractivity contribution in [1.29, 1.82) is 0 Å². The number of nitrogens with zero attached hydrogens (tertiary/aromatic N) is 7. The third-order valence-electron chi connectivity index (χ3n) is 6.43. The summed E-state index contributed by atoms with van der Waals surface area (Å²) in [5, 5.41) is 7.18. The summed E-state index contributed by atoms with van der Waals surface area (Å²) in [5.74, 6) is 0.0496. The summed E-state index contributed by atoms with van der Waals surface area (Å²) in [4.78, 5) is 40.8. The van der Waals surface area contributed by atoms with E-state index in [9.17, 15) is 9.59 Å². The van der Waals surface area contributed by atoms with Crippen LogP contribution in [0.15, 0.2) is 43.5 Å². The van der Waals surface area contributed by atoms with Crippen LogP contribution < -0.4 is 5.32 Å². The molecule has 1 aliphatic heterocycles. The molecular formula is C24H32N8O2. The minimum Gasteiger partial charge on any atom is -0.352 e. The SMILES string of the molecule is Cc1ccc(C(=O)NCCCn2ccnc2)c(C2CCN(C(=O)C(C)(C)n3cncn3)CC2)n1. The molecule has 0 atom stereocenters. The van der Waals surface area contributed by atoms with Crippen molar-refractivity contribution >= 4 is 11.8 Å². The number of amides is 2. The lowest BCUT2D eigenvalue weighted by molar-refractivity contribution is -0.140. The van der Waals surface area contributed by atoms with Gasteiger partial charge in [0.2, 0.25) is 5.91 Å². The Labute approximate surface area is 199 Å². The molecule has 0 bridgehead atoms. The van der Waals surface area contributed by atoms with Crippen LogP contribution in [0.25, 0.3) is 0 Å². The molecule has 0 radical (unpaired) electrons. The Morgan fingerprint density at radius 2 is 1.94 bits per heavy atom. The number of likely N-dealkylation sites (tertiary alicyclic amines) is 1. The fourth-order valence-corrected chi connectivity index (χ4v) is 4.40. The maximum absolute atomic E-state index is 13.2. The standard InChI is InChI=1S/C24H32N8O2/c1-18-5-6-20(22(33)27-9-4-11-30-14-10-25-16-30)21(29-18)19-7-12-31(13-8-19)23(34)24(2,3)32-17-26-15-28-32/h5-6,10,14-17,19H,4,7-9,11-13H2,1-3H3,(H,27,33). The Hall–Kier alpha value is -3.56. The molecule has 3 aromatic rings. The molecule has 0 saturated carbocycles. The molecule has 1 aliphatic rings. The molecule has 1 N–H and O–H groups in total. The van der Waals surface area contributed by atoms with Gasteiger partial charge in [0.15, 0.2) is 0 Å². The number of hydrogen-bond acceptors (Lipinski definition) is 6. The third-order valence-corrected chi connectivity index (χ3v) is 6.43. The van der Waals surface area contributed by atoms with E-state index in [1.807, 2.05) is 48.6 Å². The van der Waals surface area contributed by atoms with Crippen molar-refractivity contribution in [3.8, 4) is 0 Å². The van der Waals surface area contributed by atoms with Gasteiger partial charge in [0.25, 0.3) is 5.91 Å². The molecule has 0 aromatic carbocycles. The number of hydrogen-bond donors (Lipinski definition) is 1. The summed E-state index contributed by atoms with van der Waals surface area (Å²) < 4.78 is 3.59. The topological polar surface area (TPSA) is 111 Å². The van der Waals surface area contributed by atoms with Crippen molar-refractivity contribution in [1.82, 2.24) is 39.5 Å². The van der Waals surface area contributed by atoms with Crippen molar-refractivity contribution in [3.63, 3.8) is 0 Å². The molecular weight excluding hydrogens is 432 g/mol. The summed E-state index contributed by atoms with van der Waals surface area (Å²) in [6, 6.07) is 3.75. The smallest absolute Gasteiger partial charge is 0.253 e. The van der Waals surface area contributed by atoms with Crippen LogP contribution in [0, 0.1) is 6.92 Å². The van der Waals surface area contributed by atoms with Crippen LogP contribution in [0.1, 0.15) is 60.8 Å². The van der Waals surface area contributed by atoms with E-state index in [0.717, 1.165) is 37.2 Å². The average Bonchev–Trinajstić information content (AvgIpc) is 3.56. The van der Waals surface area contributed by atoms with Gasteiger partial charge in [0.05, 0.1) is 17.6 Å². The van der Waals surface area contributed by atoms with Gasteiger partial charge in [0.1, 0.15) is 18.2 Å². The van der Waals surface area contributed by atoms with Crippen LogP contribution >= 0.6 is 0 Å².